The smallest absolute Gasteiger partial charge is 0.271 e. The van der Waals surface area contributed by atoms with Crippen molar-refractivity contribution in [2.75, 3.05) is 11.8 Å². The van der Waals surface area contributed by atoms with Crippen LogP contribution in [0.4, 0.5) is 10.1 Å². The van der Waals surface area contributed by atoms with Crippen molar-refractivity contribution in [2.45, 2.75) is 19.9 Å². The van der Waals surface area contributed by atoms with Crippen molar-refractivity contribution >= 4 is 31.8 Å². The first kappa shape index (κ1) is 14.4. The molecule has 1 aromatic rings. The minimum atomic E-state index is -3.60. The second-order valence-corrected chi connectivity index (χ2v) is 6.43. The predicted octanol–water partition coefficient (Wildman–Crippen LogP) is 2.59. The molecular formula is C10H14BrFN2O2S. The zero-order chi connectivity index (χ0) is 13.2. The number of benzene rings is 1. The van der Waals surface area contributed by atoms with Gasteiger partial charge in [-0.3, -0.25) is 4.72 Å². The SMILES string of the molecule is CC(C)N(C)S(=O)(=O)Nc1ccc(F)c(Br)c1. The number of hydrogen-bond donors (Lipinski definition) is 1. The Morgan fingerprint density at radius 3 is 2.47 bits per heavy atom. The van der Waals surface area contributed by atoms with Crippen LogP contribution in [0.25, 0.3) is 0 Å². The van der Waals surface area contributed by atoms with Gasteiger partial charge < -0.3 is 0 Å². The zero-order valence-electron chi connectivity index (χ0n) is 9.74. The van der Waals surface area contributed by atoms with Crippen LogP contribution in [-0.2, 0) is 10.2 Å². The van der Waals surface area contributed by atoms with Gasteiger partial charge in [0.2, 0.25) is 0 Å². The summed E-state index contributed by atoms with van der Waals surface area (Å²) in [6.45, 7) is 3.53. The lowest BCUT2D eigenvalue weighted by Gasteiger charge is -2.21. The minimum Gasteiger partial charge on any atom is -0.271 e. The number of nitrogens with zero attached hydrogens (tertiary/aromatic N) is 1. The highest BCUT2D eigenvalue weighted by atomic mass is 79.9. The van der Waals surface area contributed by atoms with Crippen molar-refractivity contribution in [3.63, 3.8) is 0 Å². The molecule has 0 aliphatic carbocycles. The molecule has 0 heterocycles. The Morgan fingerprint density at radius 1 is 1.41 bits per heavy atom. The largest absolute Gasteiger partial charge is 0.301 e. The van der Waals surface area contributed by atoms with Crippen LogP contribution in [0, 0.1) is 5.82 Å². The third kappa shape index (κ3) is 3.65. The average molecular weight is 325 g/mol. The summed E-state index contributed by atoms with van der Waals surface area (Å²) in [5.74, 6) is -0.440. The van der Waals surface area contributed by atoms with Gasteiger partial charge in [-0.05, 0) is 48.0 Å². The molecule has 7 heteroatoms. The van der Waals surface area contributed by atoms with E-state index in [9.17, 15) is 12.8 Å². The molecule has 0 saturated heterocycles. The number of rotatable bonds is 4. The van der Waals surface area contributed by atoms with Crippen molar-refractivity contribution in [3.05, 3.63) is 28.5 Å². The standard InChI is InChI=1S/C10H14BrFN2O2S/c1-7(2)14(3)17(15,16)13-8-4-5-10(12)9(11)6-8/h4-7,13H,1-3H3. The normalized spacial score (nSPS) is 12.2. The number of halogens is 2. The molecule has 0 aromatic heterocycles. The molecule has 0 spiro atoms. The topological polar surface area (TPSA) is 49.4 Å². The molecule has 0 aliphatic rings. The summed E-state index contributed by atoms with van der Waals surface area (Å²) < 4.78 is 40.5. The highest BCUT2D eigenvalue weighted by Gasteiger charge is 2.20. The Kier molecular flexibility index (Phi) is 4.51. The van der Waals surface area contributed by atoms with Crippen molar-refractivity contribution in [1.29, 1.82) is 0 Å². The van der Waals surface area contributed by atoms with Crippen LogP contribution in [-0.4, -0.2) is 25.8 Å². The molecule has 0 atom stereocenters. The first-order chi connectivity index (χ1) is 7.74. The van der Waals surface area contributed by atoms with Crippen LogP contribution in [0.2, 0.25) is 0 Å². The second kappa shape index (κ2) is 5.32. The highest BCUT2D eigenvalue weighted by molar-refractivity contribution is 9.10. The van der Waals surface area contributed by atoms with Gasteiger partial charge in [0.15, 0.2) is 0 Å². The first-order valence-electron chi connectivity index (χ1n) is 4.95. The Balaban J connectivity index is 2.94. The summed E-state index contributed by atoms with van der Waals surface area (Å²) in [6, 6.07) is 3.78. The third-order valence-corrected chi connectivity index (χ3v) is 4.55. The van der Waals surface area contributed by atoms with Gasteiger partial charge in [0.25, 0.3) is 0 Å². The van der Waals surface area contributed by atoms with Crippen LogP contribution in [0.15, 0.2) is 22.7 Å². The van der Waals surface area contributed by atoms with Gasteiger partial charge in [-0.2, -0.15) is 12.7 Å². The molecule has 96 valence electrons. The van der Waals surface area contributed by atoms with E-state index in [1.165, 1.54) is 29.6 Å². The summed E-state index contributed by atoms with van der Waals surface area (Å²) in [4.78, 5) is 0. The Hall–Kier alpha value is -0.660. The van der Waals surface area contributed by atoms with Gasteiger partial charge in [0, 0.05) is 13.1 Å². The quantitative estimate of drug-likeness (QED) is 0.925. The van der Waals surface area contributed by atoms with Gasteiger partial charge >= 0.3 is 10.2 Å². The lowest BCUT2D eigenvalue weighted by atomic mass is 10.3. The highest BCUT2D eigenvalue weighted by Crippen LogP contribution is 2.21. The number of hydrogen-bond acceptors (Lipinski definition) is 2. The van der Waals surface area contributed by atoms with E-state index in [0.717, 1.165) is 0 Å². The van der Waals surface area contributed by atoms with Gasteiger partial charge in [-0.15, -0.1) is 0 Å². The van der Waals surface area contributed by atoms with Crippen LogP contribution in [0.3, 0.4) is 0 Å². The molecule has 1 aromatic carbocycles. The van der Waals surface area contributed by atoms with E-state index in [1.54, 1.807) is 13.8 Å². The molecule has 4 nitrogen and oxygen atoms in total. The van der Waals surface area contributed by atoms with Crippen LogP contribution in [0.1, 0.15) is 13.8 Å². The summed E-state index contributed by atoms with van der Waals surface area (Å²) >= 11 is 3.00. The van der Waals surface area contributed by atoms with Gasteiger partial charge in [0.05, 0.1) is 10.2 Å². The third-order valence-electron chi connectivity index (χ3n) is 2.27. The maximum atomic E-state index is 13.0. The molecule has 1 N–H and O–H groups in total. The number of anilines is 1. The van der Waals surface area contributed by atoms with Crippen molar-refractivity contribution in [3.8, 4) is 0 Å². The Morgan fingerprint density at radius 2 is 2.00 bits per heavy atom. The molecule has 0 fully saturated rings. The van der Waals surface area contributed by atoms with E-state index in [0.29, 0.717) is 5.69 Å². The van der Waals surface area contributed by atoms with E-state index < -0.39 is 16.0 Å². The lowest BCUT2D eigenvalue weighted by molar-refractivity contribution is 0.414. The maximum absolute atomic E-state index is 13.0. The fourth-order valence-corrected chi connectivity index (χ4v) is 2.56. The maximum Gasteiger partial charge on any atom is 0.301 e. The molecule has 0 unspecified atom stereocenters. The molecule has 17 heavy (non-hydrogen) atoms. The number of nitrogens with one attached hydrogen (secondary N) is 1. The monoisotopic (exact) mass is 324 g/mol. The fourth-order valence-electron chi connectivity index (χ4n) is 1.06. The van der Waals surface area contributed by atoms with E-state index in [2.05, 4.69) is 20.7 Å². The molecule has 0 amide bonds. The van der Waals surface area contributed by atoms with Gasteiger partial charge in [-0.25, -0.2) is 4.39 Å². The molecule has 0 saturated carbocycles. The average Bonchev–Trinajstić information content (AvgIpc) is 2.22. The van der Waals surface area contributed by atoms with E-state index in [1.807, 2.05) is 0 Å². The molecule has 0 bridgehead atoms. The molecule has 0 aliphatic heterocycles. The van der Waals surface area contributed by atoms with Crippen LogP contribution >= 0.6 is 15.9 Å². The fraction of sp³-hybridized carbons (Fsp3) is 0.400. The lowest BCUT2D eigenvalue weighted by Crippen LogP contribution is -2.37. The first-order valence-corrected chi connectivity index (χ1v) is 7.18. The summed E-state index contributed by atoms with van der Waals surface area (Å²) in [6.07, 6.45) is 0. The van der Waals surface area contributed by atoms with Crippen molar-refractivity contribution in [1.82, 2.24) is 4.31 Å². The predicted molar refractivity (Wildman–Crippen MR) is 69.5 cm³/mol. The summed E-state index contributed by atoms with van der Waals surface area (Å²) in [5.41, 5.74) is 0.311. The van der Waals surface area contributed by atoms with E-state index in [4.69, 9.17) is 0 Å². The Labute approximate surface area is 109 Å². The minimum absolute atomic E-state index is 0.156. The molecule has 0 radical (unpaired) electrons. The van der Waals surface area contributed by atoms with E-state index in [-0.39, 0.29) is 10.5 Å². The molecular weight excluding hydrogens is 311 g/mol. The zero-order valence-corrected chi connectivity index (χ0v) is 12.1. The summed E-state index contributed by atoms with van der Waals surface area (Å²) in [7, 11) is -2.12. The molecule has 1 rings (SSSR count). The van der Waals surface area contributed by atoms with Crippen molar-refractivity contribution < 1.29 is 12.8 Å². The Bertz CT molecular complexity index is 505. The van der Waals surface area contributed by atoms with Crippen LogP contribution in [0.5, 0.6) is 0 Å². The van der Waals surface area contributed by atoms with Gasteiger partial charge in [0.1, 0.15) is 5.82 Å². The van der Waals surface area contributed by atoms with Crippen molar-refractivity contribution in [2.24, 2.45) is 0 Å². The van der Waals surface area contributed by atoms with Crippen LogP contribution < -0.4 is 4.72 Å². The van der Waals surface area contributed by atoms with Gasteiger partial charge in [-0.1, -0.05) is 0 Å². The summed E-state index contributed by atoms with van der Waals surface area (Å²) in [5, 5.41) is 0. The van der Waals surface area contributed by atoms with E-state index >= 15 is 0 Å². The second-order valence-electron chi connectivity index (χ2n) is 3.85.